The van der Waals surface area contributed by atoms with Gasteiger partial charge in [-0.3, -0.25) is 4.79 Å². The SMILES string of the molecule is O=Cc1c[nH]c2ccc(C3CC3)cc12. The van der Waals surface area contributed by atoms with E-state index in [1.165, 1.54) is 18.4 Å². The molecular formula is C12H11NO. The maximum Gasteiger partial charge on any atom is 0.152 e. The van der Waals surface area contributed by atoms with Gasteiger partial charge >= 0.3 is 0 Å². The van der Waals surface area contributed by atoms with Crippen molar-refractivity contribution in [3.63, 3.8) is 0 Å². The highest BCUT2D eigenvalue weighted by Gasteiger charge is 2.23. The molecule has 0 saturated heterocycles. The standard InChI is InChI=1S/C12H11NO/c14-7-10-6-13-12-4-3-9(5-11(10)12)8-1-2-8/h3-8,13H,1-2H2. The van der Waals surface area contributed by atoms with Gasteiger partial charge in [-0.05, 0) is 36.5 Å². The van der Waals surface area contributed by atoms with Gasteiger partial charge in [-0.15, -0.1) is 0 Å². The molecule has 0 amide bonds. The second-order valence-corrected chi connectivity index (χ2v) is 3.94. The quantitative estimate of drug-likeness (QED) is 0.717. The number of fused-ring (bicyclic) bond motifs is 1. The molecule has 0 unspecified atom stereocenters. The lowest BCUT2D eigenvalue weighted by Gasteiger charge is -1.98. The van der Waals surface area contributed by atoms with E-state index >= 15 is 0 Å². The van der Waals surface area contributed by atoms with Gasteiger partial charge in [-0.1, -0.05) is 6.07 Å². The maximum atomic E-state index is 10.8. The number of carbonyl (C=O) groups is 1. The van der Waals surface area contributed by atoms with Gasteiger partial charge in [0.15, 0.2) is 6.29 Å². The lowest BCUT2D eigenvalue weighted by Crippen LogP contribution is -1.80. The molecule has 1 fully saturated rings. The third-order valence-corrected chi connectivity index (χ3v) is 2.91. The summed E-state index contributed by atoms with van der Waals surface area (Å²) >= 11 is 0. The topological polar surface area (TPSA) is 32.9 Å². The van der Waals surface area contributed by atoms with Crippen LogP contribution in [0.1, 0.15) is 34.7 Å². The summed E-state index contributed by atoms with van der Waals surface area (Å²) in [6.07, 6.45) is 5.28. The van der Waals surface area contributed by atoms with Crippen LogP contribution in [-0.2, 0) is 0 Å². The average Bonchev–Trinajstić information content (AvgIpc) is 2.98. The van der Waals surface area contributed by atoms with Crippen molar-refractivity contribution in [1.82, 2.24) is 4.98 Å². The Balaban J connectivity index is 2.23. The monoisotopic (exact) mass is 185 g/mol. The normalized spacial score (nSPS) is 16.0. The van der Waals surface area contributed by atoms with Gasteiger partial charge in [0, 0.05) is 22.7 Å². The lowest BCUT2D eigenvalue weighted by molar-refractivity contribution is 0.112. The van der Waals surface area contributed by atoms with Gasteiger partial charge in [0.2, 0.25) is 0 Å². The molecule has 2 aromatic rings. The summed E-state index contributed by atoms with van der Waals surface area (Å²) in [5.74, 6) is 0.744. The third kappa shape index (κ3) is 1.07. The zero-order valence-electron chi connectivity index (χ0n) is 7.79. The van der Waals surface area contributed by atoms with Gasteiger partial charge in [-0.25, -0.2) is 0 Å². The first-order valence-electron chi connectivity index (χ1n) is 4.94. The van der Waals surface area contributed by atoms with Gasteiger partial charge in [0.25, 0.3) is 0 Å². The molecule has 1 heterocycles. The van der Waals surface area contributed by atoms with E-state index < -0.39 is 0 Å². The molecule has 1 saturated carbocycles. The van der Waals surface area contributed by atoms with Crippen molar-refractivity contribution < 1.29 is 4.79 Å². The largest absolute Gasteiger partial charge is 0.360 e. The van der Waals surface area contributed by atoms with Crippen LogP contribution in [0.4, 0.5) is 0 Å². The van der Waals surface area contributed by atoms with Crippen LogP contribution in [0.5, 0.6) is 0 Å². The van der Waals surface area contributed by atoms with E-state index in [1.54, 1.807) is 6.20 Å². The number of aromatic nitrogens is 1. The highest BCUT2D eigenvalue weighted by Crippen LogP contribution is 2.41. The van der Waals surface area contributed by atoms with Crippen LogP contribution < -0.4 is 0 Å². The zero-order chi connectivity index (χ0) is 9.54. The number of nitrogens with one attached hydrogen (secondary N) is 1. The first kappa shape index (κ1) is 7.80. The molecule has 2 nitrogen and oxygen atoms in total. The minimum atomic E-state index is 0.744. The molecule has 1 aliphatic carbocycles. The van der Waals surface area contributed by atoms with E-state index in [0.717, 1.165) is 28.7 Å². The Morgan fingerprint density at radius 1 is 1.36 bits per heavy atom. The Kier molecular flexibility index (Phi) is 1.51. The Morgan fingerprint density at radius 2 is 2.21 bits per heavy atom. The molecule has 0 radical (unpaired) electrons. The van der Waals surface area contributed by atoms with E-state index in [4.69, 9.17) is 0 Å². The predicted molar refractivity (Wildman–Crippen MR) is 55.7 cm³/mol. The van der Waals surface area contributed by atoms with Crippen molar-refractivity contribution in [3.05, 3.63) is 35.5 Å². The molecule has 0 bridgehead atoms. The van der Waals surface area contributed by atoms with Crippen LogP contribution in [0.25, 0.3) is 10.9 Å². The zero-order valence-corrected chi connectivity index (χ0v) is 7.79. The molecule has 1 N–H and O–H groups in total. The molecule has 0 aliphatic heterocycles. The first-order chi connectivity index (χ1) is 6.88. The summed E-state index contributed by atoms with van der Waals surface area (Å²) in [5, 5.41) is 1.06. The molecule has 0 atom stereocenters. The molecule has 1 aromatic heterocycles. The molecule has 1 aliphatic rings. The molecule has 70 valence electrons. The first-order valence-corrected chi connectivity index (χ1v) is 4.94. The summed E-state index contributed by atoms with van der Waals surface area (Å²) in [7, 11) is 0. The van der Waals surface area contributed by atoms with E-state index in [0.29, 0.717) is 0 Å². The van der Waals surface area contributed by atoms with Crippen LogP contribution >= 0.6 is 0 Å². The maximum absolute atomic E-state index is 10.8. The summed E-state index contributed by atoms with van der Waals surface area (Å²) in [6.45, 7) is 0. The van der Waals surface area contributed by atoms with E-state index in [2.05, 4.69) is 23.2 Å². The molecule has 14 heavy (non-hydrogen) atoms. The number of aromatic amines is 1. The fraction of sp³-hybridized carbons (Fsp3) is 0.250. The number of benzene rings is 1. The van der Waals surface area contributed by atoms with E-state index in [9.17, 15) is 4.79 Å². The average molecular weight is 185 g/mol. The van der Waals surface area contributed by atoms with Crippen molar-refractivity contribution in [2.24, 2.45) is 0 Å². The second-order valence-electron chi connectivity index (χ2n) is 3.94. The molecule has 2 heteroatoms. The number of carbonyl (C=O) groups excluding carboxylic acids is 1. The highest BCUT2D eigenvalue weighted by molar-refractivity contribution is 5.97. The molecular weight excluding hydrogens is 174 g/mol. The van der Waals surface area contributed by atoms with Gasteiger partial charge < -0.3 is 4.98 Å². The number of hydrogen-bond donors (Lipinski definition) is 1. The van der Waals surface area contributed by atoms with Crippen LogP contribution in [0.2, 0.25) is 0 Å². The summed E-state index contributed by atoms with van der Waals surface area (Å²) in [4.78, 5) is 13.9. The second kappa shape index (κ2) is 2.71. The predicted octanol–water partition coefficient (Wildman–Crippen LogP) is 2.86. The van der Waals surface area contributed by atoms with Crippen molar-refractivity contribution in [1.29, 1.82) is 0 Å². The number of hydrogen-bond acceptors (Lipinski definition) is 1. The smallest absolute Gasteiger partial charge is 0.152 e. The van der Waals surface area contributed by atoms with Crippen LogP contribution in [0.3, 0.4) is 0 Å². The number of H-pyrrole nitrogens is 1. The molecule has 1 aromatic carbocycles. The minimum Gasteiger partial charge on any atom is -0.360 e. The van der Waals surface area contributed by atoms with E-state index in [-0.39, 0.29) is 0 Å². The lowest BCUT2D eigenvalue weighted by atomic mass is 10.1. The van der Waals surface area contributed by atoms with Crippen LogP contribution in [0.15, 0.2) is 24.4 Å². The van der Waals surface area contributed by atoms with Gasteiger partial charge in [0.05, 0.1) is 0 Å². The van der Waals surface area contributed by atoms with Crippen molar-refractivity contribution in [2.75, 3.05) is 0 Å². The summed E-state index contributed by atoms with van der Waals surface area (Å²) < 4.78 is 0. The molecule has 0 spiro atoms. The van der Waals surface area contributed by atoms with Gasteiger partial charge in [-0.2, -0.15) is 0 Å². The Morgan fingerprint density at radius 3 is 2.93 bits per heavy atom. The Labute approximate surface area is 81.9 Å². The van der Waals surface area contributed by atoms with Crippen molar-refractivity contribution in [3.8, 4) is 0 Å². The Hall–Kier alpha value is -1.57. The molecule has 3 rings (SSSR count). The van der Waals surface area contributed by atoms with Crippen molar-refractivity contribution in [2.45, 2.75) is 18.8 Å². The minimum absolute atomic E-state index is 0.744. The highest BCUT2D eigenvalue weighted by atomic mass is 16.1. The van der Waals surface area contributed by atoms with Gasteiger partial charge in [0.1, 0.15) is 0 Å². The number of rotatable bonds is 2. The fourth-order valence-electron chi connectivity index (χ4n) is 1.93. The Bertz CT molecular complexity index is 494. The van der Waals surface area contributed by atoms with Crippen LogP contribution in [-0.4, -0.2) is 11.3 Å². The summed E-state index contributed by atoms with van der Waals surface area (Å²) in [6, 6.07) is 6.37. The van der Waals surface area contributed by atoms with Crippen LogP contribution in [0, 0.1) is 0 Å². The third-order valence-electron chi connectivity index (χ3n) is 2.91. The number of aldehydes is 1. The van der Waals surface area contributed by atoms with E-state index in [1.807, 2.05) is 0 Å². The van der Waals surface area contributed by atoms with Crippen molar-refractivity contribution >= 4 is 17.2 Å². The fourth-order valence-corrected chi connectivity index (χ4v) is 1.93. The summed E-state index contributed by atoms with van der Waals surface area (Å²) in [5.41, 5.74) is 3.19.